The average molecular weight is 422 g/mol. The Morgan fingerprint density at radius 1 is 1.10 bits per heavy atom. The van der Waals surface area contributed by atoms with Crippen LogP contribution in [0.25, 0.3) is 0 Å². The van der Waals surface area contributed by atoms with Crippen LogP contribution in [0.3, 0.4) is 0 Å². The summed E-state index contributed by atoms with van der Waals surface area (Å²) in [5, 5.41) is 11.6. The molecular weight excluding hydrogens is 396 g/mol. The second-order valence-corrected chi connectivity index (χ2v) is 8.49. The Hall–Kier alpha value is -3.22. The number of hydrogen-bond donors (Lipinski definition) is 0. The molecule has 7 heteroatoms. The van der Waals surface area contributed by atoms with Crippen molar-refractivity contribution in [3.8, 4) is 0 Å². The molecule has 2 aromatic rings. The third kappa shape index (κ3) is 4.60. The number of benzene rings is 2. The van der Waals surface area contributed by atoms with Crippen LogP contribution >= 0.6 is 0 Å². The van der Waals surface area contributed by atoms with E-state index in [1.165, 1.54) is 23.3 Å². The molecule has 0 radical (unpaired) electrons. The predicted octanol–water partition coefficient (Wildman–Crippen LogP) is 4.36. The van der Waals surface area contributed by atoms with Gasteiger partial charge in [-0.1, -0.05) is 19.1 Å². The lowest BCUT2D eigenvalue weighted by atomic mass is 9.99. The van der Waals surface area contributed by atoms with Crippen molar-refractivity contribution < 1.29 is 19.2 Å². The SMILES string of the molecule is C[C@@H]1CCCN(c2ccc(C(=O)OCC(=O)c3ccc4c(c3)CCC4)cc2[N+](=O)[O-])C1. The van der Waals surface area contributed by atoms with E-state index in [4.69, 9.17) is 4.74 Å². The van der Waals surface area contributed by atoms with Crippen LogP contribution in [0.15, 0.2) is 36.4 Å². The van der Waals surface area contributed by atoms with Crippen LogP contribution in [-0.4, -0.2) is 36.4 Å². The van der Waals surface area contributed by atoms with Gasteiger partial charge in [0.05, 0.1) is 10.5 Å². The molecule has 2 aromatic carbocycles. The van der Waals surface area contributed by atoms with Crippen molar-refractivity contribution in [2.75, 3.05) is 24.6 Å². The van der Waals surface area contributed by atoms with E-state index in [1.807, 2.05) is 17.0 Å². The number of esters is 1. The predicted molar refractivity (Wildman–Crippen MR) is 117 cm³/mol. The Labute approximate surface area is 181 Å². The lowest BCUT2D eigenvalue weighted by Gasteiger charge is -2.32. The number of nitrogens with zero attached hydrogens (tertiary/aromatic N) is 2. The number of Topliss-reactive ketones (excluding diaryl/α,β-unsaturated/α-hetero) is 1. The first kappa shape index (κ1) is 21.0. The third-order valence-corrected chi connectivity index (χ3v) is 6.16. The smallest absolute Gasteiger partial charge is 0.338 e. The van der Waals surface area contributed by atoms with Gasteiger partial charge in [-0.25, -0.2) is 4.79 Å². The summed E-state index contributed by atoms with van der Waals surface area (Å²) in [7, 11) is 0. The van der Waals surface area contributed by atoms with Crippen molar-refractivity contribution in [2.24, 2.45) is 5.92 Å². The number of ketones is 1. The minimum atomic E-state index is -0.740. The Bertz CT molecular complexity index is 1030. The van der Waals surface area contributed by atoms with Gasteiger partial charge in [0.1, 0.15) is 5.69 Å². The summed E-state index contributed by atoms with van der Waals surface area (Å²) < 4.78 is 5.18. The molecule has 31 heavy (non-hydrogen) atoms. The number of anilines is 1. The molecule has 0 saturated carbocycles. The fourth-order valence-corrected chi connectivity index (χ4v) is 4.52. The van der Waals surface area contributed by atoms with E-state index in [0.29, 0.717) is 17.2 Å². The second-order valence-electron chi connectivity index (χ2n) is 8.49. The number of nitro benzene ring substituents is 1. The van der Waals surface area contributed by atoms with Crippen molar-refractivity contribution in [3.05, 3.63) is 68.8 Å². The second kappa shape index (κ2) is 8.88. The van der Waals surface area contributed by atoms with Gasteiger partial charge < -0.3 is 9.64 Å². The zero-order valence-corrected chi connectivity index (χ0v) is 17.6. The van der Waals surface area contributed by atoms with Gasteiger partial charge in [0, 0.05) is 24.7 Å². The summed E-state index contributed by atoms with van der Waals surface area (Å²) in [6, 6.07) is 9.98. The average Bonchev–Trinajstić information content (AvgIpc) is 3.24. The number of aryl methyl sites for hydroxylation is 2. The normalized spacial score (nSPS) is 17.8. The van der Waals surface area contributed by atoms with Crippen molar-refractivity contribution in [1.29, 1.82) is 0 Å². The van der Waals surface area contributed by atoms with Crippen molar-refractivity contribution in [3.63, 3.8) is 0 Å². The van der Waals surface area contributed by atoms with Crippen LogP contribution in [0.2, 0.25) is 0 Å². The van der Waals surface area contributed by atoms with Gasteiger partial charge in [-0.3, -0.25) is 14.9 Å². The molecule has 0 bridgehead atoms. The zero-order valence-electron chi connectivity index (χ0n) is 17.6. The molecule has 7 nitrogen and oxygen atoms in total. The van der Waals surface area contributed by atoms with Gasteiger partial charge in [-0.2, -0.15) is 0 Å². The molecule has 1 saturated heterocycles. The van der Waals surface area contributed by atoms with Crippen LogP contribution in [0, 0.1) is 16.0 Å². The first-order chi connectivity index (χ1) is 14.9. The van der Waals surface area contributed by atoms with Gasteiger partial charge in [-0.15, -0.1) is 0 Å². The molecule has 0 aromatic heterocycles. The molecule has 0 N–H and O–H groups in total. The Kier molecular flexibility index (Phi) is 6.02. The van der Waals surface area contributed by atoms with E-state index < -0.39 is 17.5 Å². The van der Waals surface area contributed by atoms with E-state index in [0.717, 1.165) is 45.2 Å². The molecule has 1 heterocycles. The highest BCUT2D eigenvalue weighted by molar-refractivity contribution is 5.99. The van der Waals surface area contributed by atoms with Crippen LogP contribution in [0.4, 0.5) is 11.4 Å². The van der Waals surface area contributed by atoms with E-state index >= 15 is 0 Å². The molecule has 1 aliphatic carbocycles. The van der Waals surface area contributed by atoms with E-state index in [2.05, 4.69) is 6.92 Å². The highest BCUT2D eigenvalue weighted by Crippen LogP contribution is 2.32. The van der Waals surface area contributed by atoms with E-state index in [1.54, 1.807) is 12.1 Å². The summed E-state index contributed by atoms with van der Waals surface area (Å²) >= 11 is 0. The van der Waals surface area contributed by atoms with Crippen molar-refractivity contribution in [1.82, 2.24) is 0 Å². The molecule has 1 atom stereocenters. The third-order valence-electron chi connectivity index (χ3n) is 6.16. The van der Waals surface area contributed by atoms with Gasteiger partial charge in [0.2, 0.25) is 0 Å². The maximum Gasteiger partial charge on any atom is 0.338 e. The van der Waals surface area contributed by atoms with Crippen LogP contribution in [0.5, 0.6) is 0 Å². The summed E-state index contributed by atoms with van der Waals surface area (Å²) in [4.78, 5) is 38.1. The minimum absolute atomic E-state index is 0.0715. The van der Waals surface area contributed by atoms with Crippen molar-refractivity contribution in [2.45, 2.75) is 39.0 Å². The van der Waals surface area contributed by atoms with Gasteiger partial charge in [0.15, 0.2) is 12.4 Å². The van der Waals surface area contributed by atoms with Crippen LogP contribution in [-0.2, 0) is 17.6 Å². The quantitative estimate of drug-likeness (QED) is 0.297. The fraction of sp³-hybridized carbons (Fsp3) is 0.417. The number of carbonyl (C=O) groups is 2. The number of ether oxygens (including phenoxy) is 1. The Morgan fingerprint density at radius 3 is 2.65 bits per heavy atom. The zero-order chi connectivity index (χ0) is 22.0. The molecular formula is C24H26N2O5. The first-order valence-electron chi connectivity index (χ1n) is 10.8. The number of piperidine rings is 1. The highest BCUT2D eigenvalue weighted by Gasteiger charge is 2.26. The number of hydrogen-bond acceptors (Lipinski definition) is 6. The highest BCUT2D eigenvalue weighted by atomic mass is 16.6. The summed E-state index contributed by atoms with van der Waals surface area (Å²) in [5.74, 6) is -0.559. The topological polar surface area (TPSA) is 89.8 Å². The summed E-state index contributed by atoms with van der Waals surface area (Å²) in [6.07, 6.45) is 5.17. The molecule has 0 unspecified atom stereocenters. The fourth-order valence-electron chi connectivity index (χ4n) is 4.52. The lowest BCUT2D eigenvalue weighted by Crippen LogP contribution is -2.34. The molecule has 0 spiro atoms. The first-order valence-corrected chi connectivity index (χ1v) is 10.8. The van der Waals surface area contributed by atoms with Crippen LogP contribution in [0.1, 0.15) is 58.0 Å². The largest absolute Gasteiger partial charge is 0.454 e. The Balaban J connectivity index is 1.45. The Morgan fingerprint density at radius 2 is 1.87 bits per heavy atom. The monoisotopic (exact) mass is 422 g/mol. The van der Waals surface area contributed by atoms with Crippen molar-refractivity contribution >= 4 is 23.1 Å². The number of carbonyl (C=O) groups excluding carboxylic acids is 2. The van der Waals surface area contributed by atoms with Gasteiger partial charge in [0.25, 0.3) is 5.69 Å². The standard InChI is InChI=1S/C24H26N2O5/c1-16-4-3-11-25(14-16)21-10-9-20(13-22(21)26(29)30)24(28)31-15-23(27)19-8-7-17-5-2-6-18(17)12-19/h7-10,12-13,16H,2-6,11,14-15H2,1H3/t16-/m1/s1. The minimum Gasteiger partial charge on any atom is -0.454 e. The van der Waals surface area contributed by atoms with E-state index in [-0.39, 0.29) is 17.0 Å². The maximum absolute atomic E-state index is 12.5. The number of nitro groups is 1. The van der Waals surface area contributed by atoms with E-state index in [9.17, 15) is 19.7 Å². The molecule has 0 amide bonds. The number of rotatable bonds is 6. The summed E-state index contributed by atoms with van der Waals surface area (Å²) in [6.45, 7) is 3.24. The molecule has 1 aliphatic heterocycles. The molecule has 2 aliphatic rings. The van der Waals surface area contributed by atoms with Gasteiger partial charge in [-0.05, 0) is 67.3 Å². The summed E-state index contributed by atoms with van der Waals surface area (Å²) in [5.41, 5.74) is 3.44. The molecule has 1 fully saturated rings. The maximum atomic E-state index is 12.5. The molecule has 4 rings (SSSR count). The van der Waals surface area contributed by atoms with Crippen LogP contribution < -0.4 is 4.90 Å². The number of fused-ring (bicyclic) bond motifs is 1. The lowest BCUT2D eigenvalue weighted by molar-refractivity contribution is -0.384. The molecule has 162 valence electrons. The van der Waals surface area contributed by atoms with Gasteiger partial charge >= 0.3 is 5.97 Å².